The van der Waals surface area contributed by atoms with Gasteiger partial charge in [0.2, 0.25) is 5.95 Å². The summed E-state index contributed by atoms with van der Waals surface area (Å²) in [5.74, 6) is 1.05. The van der Waals surface area contributed by atoms with Gasteiger partial charge in [0, 0.05) is 22.3 Å². The van der Waals surface area contributed by atoms with E-state index in [0.717, 1.165) is 22.5 Å². The fourth-order valence-electron chi connectivity index (χ4n) is 2.82. The lowest BCUT2D eigenvalue weighted by Crippen LogP contribution is -2.02. The van der Waals surface area contributed by atoms with Crippen molar-refractivity contribution in [2.24, 2.45) is 5.10 Å². The Bertz CT molecular complexity index is 1140. The number of nitrogens with one attached hydrogen (secondary N) is 2. The molecule has 2 N–H and O–H groups in total. The highest BCUT2D eigenvalue weighted by atomic mass is 35.5. The minimum absolute atomic E-state index is 0.399. The Kier molecular flexibility index (Phi) is 6.01. The monoisotopic (exact) mass is 413 g/mol. The molecule has 3 aromatic carbocycles. The summed E-state index contributed by atoms with van der Waals surface area (Å²) in [5, 5.41) is 8.27. The quantitative estimate of drug-likeness (QED) is 0.288. The topological polar surface area (TPSA) is 62.2 Å². The van der Waals surface area contributed by atoms with Crippen molar-refractivity contribution >= 4 is 35.3 Å². The summed E-state index contributed by atoms with van der Waals surface area (Å²) in [4.78, 5) is 9.15. The van der Waals surface area contributed by atoms with Crippen molar-refractivity contribution in [1.29, 1.82) is 0 Å². The largest absolute Gasteiger partial charge is 0.340 e. The van der Waals surface area contributed by atoms with E-state index in [4.69, 9.17) is 11.6 Å². The third-order valence-electron chi connectivity index (χ3n) is 4.37. The van der Waals surface area contributed by atoms with E-state index in [1.165, 1.54) is 5.56 Å². The third kappa shape index (κ3) is 5.21. The number of benzene rings is 3. The van der Waals surface area contributed by atoms with Crippen LogP contribution in [0.15, 0.2) is 90.0 Å². The Morgan fingerprint density at radius 1 is 0.867 bits per heavy atom. The first-order valence-corrected chi connectivity index (χ1v) is 9.86. The van der Waals surface area contributed by atoms with Gasteiger partial charge in [-0.2, -0.15) is 10.1 Å². The molecule has 0 aliphatic carbocycles. The van der Waals surface area contributed by atoms with Crippen molar-refractivity contribution in [3.8, 4) is 11.3 Å². The first-order valence-electron chi connectivity index (χ1n) is 9.48. The fraction of sp³-hybridized carbons (Fsp3) is 0.0417. The van der Waals surface area contributed by atoms with Crippen molar-refractivity contribution < 1.29 is 0 Å². The van der Waals surface area contributed by atoms with E-state index in [-0.39, 0.29) is 0 Å². The van der Waals surface area contributed by atoms with Crippen LogP contribution in [0.25, 0.3) is 11.3 Å². The van der Waals surface area contributed by atoms with Gasteiger partial charge in [-0.3, -0.25) is 0 Å². The van der Waals surface area contributed by atoms with E-state index in [0.29, 0.717) is 16.8 Å². The Hall–Kier alpha value is -3.70. The van der Waals surface area contributed by atoms with Gasteiger partial charge in [0.1, 0.15) is 5.82 Å². The fourth-order valence-corrected chi connectivity index (χ4v) is 2.94. The standard InChI is InChI=1S/C24H20ClN5/c1-17-7-9-18(10-8-17)16-26-30-24-28-22(19-5-3-2-4-6-19)15-23(29-24)27-21-13-11-20(25)12-14-21/h2-16H,1H3,(H2,27,28,29,30). The first kappa shape index (κ1) is 19.6. The van der Waals surface area contributed by atoms with Gasteiger partial charge in [0.05, 0.1) is 11.9 Å². The van der Waals surface area contributed by atoms with Crippen LogP contribution in [0.1, 0.15) is 11.1 Å². The number of hydrazone groups is 1. The molecule has 0 bridgehead atoms. The summed E-state index contributed by atoms with van der Waals surface area (Å²) in [6, 6.07) is 27.4. The number of aromatic nitrogens is 2. The molecule has 0 atom stereocenters. The second kappa shape index (κ2) is 9.20. The van der Waals surface area contributed by atoms with Crippen molar-refractivity contribution in [2.45, 2.75) is 6.92 Å². The van der Waals surface area contributed by atoms with Crippen LogP contribution in [0.2, 0.25) is 5.02 Å². The molecule has 0 spiro atoms. The number of nitrogens with zero attached hydrogens (tertiary/aromatic N) is 3. The number of aryl methyl sites for hydroxylation is 1. The minimum atomic E-state index is 0.399. The second-order valence-corrected chi connectivity index (χ2v) is 7.18. The highest BCUT2D eigenvalue weighted by molar-refractivity contribution is 6.30. The van der Waals surface area contributed by atoms with Gasteiger partial charge in [-0.15, -0.1) is 0 Å². The van der Waals surface area contributed by atoms with E-state index in [1.54, 1.807) is 6.21 Å². The van der Waals surface area contributed by atoms with E-state index in [2.05, 4.69) is 32.7 Å². The Balaban J connectivity index is 1.61. The molecular formula is C24H20ClN5. The maximum atomic E-state index is 5.98. The molecule has 0 aliphatic heterocycles. The molecule has 0 saturated carbocycles. The number of rotatable bonds is 6. The van der Waals surface area contributed by atoms with Crippen LogP contribution in [-0.4, -0.2) is 16.2 Å². The molecule has 1 aromatic heterocycles. The molecule has 5 nitrogen and oxygen atoms in total. The average Bonchev–Trinajstić information content (AvgIpc) is 2.77. The number of anilines is 3. The van der Waals surface area contributed by atoms with Crippen molar-refractivity contribution in [1.82, 2.24) is 9.97 Å². The number of hydrogen-bond donors (Lipinski definition) is 2. The van der Waals surface area contributed by atoms with Gasteiger partial charge in [-0.1, -0.05) is 71.8 Å². The minimum Gasteiger partial charge on any atom is -0.340 e. The van der Waals surface area contributed by atoms with E-state index in [9.17, 15) is 0 Å². The molecule has 6 heteroatoms. The van der Waals surface area contributed by atoms with Gasteiger partial charge >= 0.3 is 0 Å². The number of halogens is 1. The predicted octanol–water partition coefficient (Wildman–Crippen LogP) is 6.30. The van der Waals surface area contributed by atoms with E-state index < -0.39 is 0 Å². The van der Waals surface area contributed by atoms with Crippen molar-refractivity contribution in [2.75, 3.05) is 10.7 Å². The summed E-state index contributed by atoms with van der Waals surface area (Å²) in [5.41, 5.74) is 7.80. The predicted molar refractivity (Wildman–Crippen MR) is 125 cm³/mol. The molecule has 1 heterocycles. The molecule has 0 amide bonds. The molecule has 148 valence electrons. The highest BCUT2D eigenvalue weighted by Gasteiger charge is 2.07. The van der Waals surface area contributed by atoms with Gasteiger partial charge < -0.3 is 5.32 Å². The highest BCUT2D eigenvalue weighted by Crippen LogP contribution is 2.24. The van der Waals surface area contributed by atoms with Gasteiger partial charge in [-0.05, 0) is 36.8 Å². The third-order valence-corrected chi connectivity index (χ3v) is 4.62. The molecule has 0 unspecified atom stereocenters. The zero-order chi connectivity index (χ0) is 20.8. The summed E-state index contributed by atoms with van der Waals surface area (Å²) >= 11 is 5.98. The van der Waals surface area contributed by atoms with Crippen LogP contribution in [0, 0.1) is 6.92 Å². The Labute approximate surface area is 180 Å². The van der Waals surface area contributed by atoms with Crippen LogP contribution in [0.5, 0.6) is 0 Å². The molecule has 0 radical (unpaired) electrons. The van der Waals surface area contributed by atoms with Crippen molar-refractivity contribution in [3.63, 3.8) is 0 Å². The molecule has 0 fully saturated rings. The normalized spacial score (nSPS) is 10.9. The average molecular weight is 414 g/mol. The zero-order valence-electron chi connectivity index (χ0n) is 16.4. The van der Waals surface area contributed by atoms with Crippen LogP contribution >= 0.6 is 11.6 Å². The van der Waals surface area contributed by atoms with Gasteiger partial charge in [0.25, 0.3) is 0 Å². The van der Waals surface area contributed by atoms with Crippen LogP contribution in [0.4, 0.5) is 17.5 Å². The molecule has 30 heavy (non-hydrogen) atoms. The first-order chi connectivity index (χ1) is 14.7. The Morgan fingerprint density at radius 3 is 2.33 bits per heavy atom. The smallest absolute Gasteiger partial charge is 0.246 e. The van der Waals surface area contributed by atoms with Gasteiger partial charge in [-0.25, -0.2) is 10.4 Å². The number of hydrogen-bond acceptors (Lipinski definition) is 5. The lowest BCUT2D eigenvalue weighted by molar-refractivity contribution is 1.12. The Morgan fingerprint density at radius 2 is 1.60 bits per heavy atom. The SMILES string of the molecule is Cc1ccc(C=NNc2nc(Nc3ccc(Cl)cc3)cc(-c3ccccc3)n2)cc1. The van der Waals surface area contributed by atoms with E-state index in [1.807, 2.05) is 84.9 Å². The summed E-state index contributed by atoms with van der Waals surface area (Å²) in [6.45, 7) is 2.05. The molecule has 4 rings (SSSR count). The van der Waals surface area contributed by atoms with Gasteiger partial charge in [0.15, 0.2) is 0 Å². The van der Waals surface area contributed by atoms with Crippen molar-refractivity contribution in [3.05, 3.63) is 101 Å². The van der Waals surface area contributed by atoms with Crippen LogP contribution in [0.3, 0.4) is 0 Å². The maximum Gasteiger partial charge on any atom is 0.246 e. The molecule has 0 saturated heterocycles. The lowest BCUT2D eigenvalue weighted by Gasteiger charge is -2.10. The molecule has 0 aliphatic rings. The summed E-state index contributed by atoms with van der Waals surface area (Å²) in [7, 11) is 0. The zero-order valence-corrected chi connectivity index (χ0v) is 17.1. The second-order valence-electron chi connectivity index (χ2n) is 6.74. The van der Waals surface area contributed by atoms with Crippen LogP contribution < -0.4 is 10.7 Å². The summed E-state index contributed by atoms with van der Waals surface area (Å²) in [6.07, 6.45) is 1.74. The lowest BCUT2D eigenvalue weighted by atomic mass is 10.1. The summed E-state index contributed by atoms with van der Waals surface area (Å²) < 4.78 is 0. The van der Waals surface area contributed by atoms with Crippen LogP contribution in [-0.2, 0) is 0 Å². The maximum absolute atomic E-state index is 5.98. The molecule has 4 aromatic rings. The molecular weight excluding hydrogens is 394 g/mol. The van der Waals surface area contributed by atoms with E-state index >= 15 is 0 Å².